The van der Waals surface area contributed by atoms with E-state index in [1.54, 1.807) is 0 Å². The maximum Gasteiger partial charge on any atom is 0.243 e. The smallest absolute Gasteiger partial charge is 0.243 e. The quantitative estimate of drug-likeness (QED) is 0.868. The minimum absolute atomic E-state index is 0.0726. The maximum absolute atomic E-state index is 13.0. The molecule has 1 unspecified atom stereocenters. The van der Waals surface area contributed by atoms with Crippen molar-refractivity contribution in [2.24, 2.45) is 0 Å². The Hall–Kier alpha value is -2.25. The summed E-state index contributed by atoms with van der Waals surface area (Å²) in [5.74, 6) is 1.78. The number of nitrogens with one attached hydrogen (secondary N) is 1. The Balaban J connectivity index is 1.48. The van der Waals surface area contributed by atoms with Crippen molar-refractivity contribution in [1.82, 2.24) is 25.0 Å². The van der Waals surface area contributed by atoms with Crippen molar-refractivity contribution in [2.75, 3.05) is 39.4 Å². The largest absolute Gasteiger partial charge is 0.379 e. The molecule has 1 fully saturated rings. The van der Waals surface area contributed by atoms with Gasteiger partial charge in [-0.05, 0) is 12.8 Å². The van der Waals surface area contributed by atoms with Crippen LogP contribution >= 0.6 is 0 Å². The molecule has 27 heavy (non-hydrogen) atoms. The molecule has 1 aromatic carbocycles. The molecule has 144 valence electrons. The molecule has 0 saturated carbocycles. The zero-order chi connectivity index (χ0) is 18.5. The fourth-order valence-electron chi connectivity index (χ4n) is 3.88. The van der Waals surface area contributed by atoms with E-state index >= 15 is 0 Å². The molecule has 2 aliphatic rings. The van der Waals surface area contributed by atoms with Crippen molar-refractivity contribution in [3.05, 3.63) is 36.2 Å². The monoisotopic (exact) mass is 369 g/mol. The summed E-state index contributed by atoms with van der Waals surface area (Å²) >= 11 is 0. The van der Waals surface area contributed by atoms with E-state index < -0.39 is 0 Å². The number of aromatic nitrogens is 3. The molecule has 1 saturated heterocycles. The topological polar surface area (TPSA) is 72.3 Å². The SMILES string of the molecule is O=C(NCCN1CCOCC1)C1CCCCc2nnc(-c3ccccc3)n21. The average Bonchev–Trinajstić information content (AvgIpc) is 3.01. The van der Waals surface area contributed by atoms with Gasteiger partial charge in [0.05, 0.1) is 13.2 Å². The molecule has 1 N–H and O–H groups in total. The summed E-state index contributed by atoms with van der Waals surface area (Å²) in [6, 6.07) is 9.78. The van der Waals surface area contributed by atoms with Crippen LogP contribution in [0.25, 0.3) is 11.4 Å². The molecule has 1 aromatic heterocycles. The number of rotatable bonds is 5. The van der Waals surface area contributed by atoms with E-state index in [9.17, 15) is 4.79 Å². The lowest BCUT2D eigenvalue weighted by Gasteiger charge is -2.27. The Morgan fingerprint density at radius 1 is 1.15 bits per heavy atom. The maximum atomic E-state index is 13.0. The second-order valence-corrected chi connectivity index (χ2v) is 7.18. The third-order valence-corrected chi connectivity index (χ3v) is 5.37. The minimum Gasteiger partial charge on any atom is -0.379 e. The third kappa shape index (κ3) is 4.20. The van der Waals surface area contributed by atoms with Gasteiger partial charge in [-0.1, -0.05) is 36.8 Å². The van der Waals surface area contributed by atoms with E-state index in [0.29, 0.717) is 6.54 Å². The fraction of sp³-hybridized carbons (Fsp3) is 0.550. The molecule has 0 radical (unpaired) electrons. The normalized spacial score (nSPS) is 20.7. The molecular weight excluding hydrogens is 342 g/mol. The number of morpholine rings is 1. The van der Waals surface area contributed by atoms with Crippen molar-refractivity contribution < 1.29 is 9.53 Å². The minimum atomic E-state index is -0.239. The highest BCUT2D eigenvalue weighted by Gasteiger charge is 2.29. The number of carbonyl (C=O) groups excluding carboxylic acids is 1. The first kappa shape index (κ1) is 18.1. The van der Waals surface area contributed by atoms with Crippen molar-refractivity contribution in [3.8, 4) is 11.4 Å². The number of hydrogen-bond acceptors (Lipinski definition) is 5. The van der Waals surface area contributed by atoms with Crippen LogP contribution in [0.1, 0.15) is 31.1 Å². The highest BCUT2D eigenvalue weighted by atomic mass is 16.5. The van der Waals surface area contributed by atoms with Gasteiger partial charge < -0.3 is 10.1 Å². The molecule has 1 atom stereocenters. The molecule has 0 aliphatic carbocycles. The van der Waals surface area contributed by atoms with E-state index in [2.05, 4.69) is 25.0 Å². The van der Waals surface area contributed by atoms with Crippen molar-refractivity contribution >= 4 is 5.91 Å². The van der Waals surface area contributed by atoms with Crippen LogP contribution in [0.5, 0.6) is 0 Å². The summed E-state index contributed by atoms with van der Waals surface area (Å²) in [6.07, 6.45) is 3.77. The van der Waals surface area contributed by atoms with Gasteiger partial charge in [-0.15, -0.1) is 10.2 Å². The standard InChI is InChI=1S/C20H27N5O2/c26-20(21-10-11-24-12-14-27-15-13-24)17-8-4-5-9-18-22-23-19(25(17)18)16-6-2-1-3-7-16/h1-3,6-7,17H,4-5,8-15H2,(H,21,26). The molecule has 1 amide bonds. The third-order valence-electron chi connectivity index (χ3n) is 5.37. The lowest BCUT2D eigenvalue weighted by molar-refractivity contribution is -0.124. The Labute approximate surface area is 159 Å². The number of amides is 1. The lowest BCUT2D eigenvalue weighted by atomic mass is 10.1. The highest BCUT2D eigenvalue weighted by Crippen LogP contribution is 2.29. The van der Waals surface area contributed by atoms with Gasteiger partial charge in [0.2, 0.25) is 5.91 Å². The zero-order valence-electron chi connectivity index (χ0n) is 15.6. The summed E-state index contributed by atoms with van der Waals surface area (Å²) in [4.78, 5) is 15.3. The van der Waals surface area contributed by atoms with E-state index in [1.165, 1.54) is 0 Å². The van der Waals surface area contributed by atoms with Crippen LogP contribution in [0.2, 0.25) is 0 Å². The number of aryl methyl sites for hydroxylation is 1. The lowest BCUT2D eigenvalue weighted by Crippen LogP contribution is -2.42. The fourth-order valence-corrected chi connectivity index (χ4v) is 3.88. The van der Waals surface area contributed by atoms with Gasteiger partial charge in [-0.2, -0.15) is 0 Å². The number of hydrogen-bond donors (Lipinski definition) is 1. The molecule has 3 heterocycles. The molecule has 2 aliphatic heterocycles. The molecular formula is C20H27N5O2. The first-order valence-electron chi connectivity index (χ1n) is 9.90. The van der Waals surface area contributed by atoms with Crippen molar-refractivity contribution in [2.45, 2.75) is 31.7 Å². The van der Waals surface area contributed by atoms with Crippen LogP contribution in [0.4, 0.5) is 0 Å². The molecule has 0 spiro atoms. The van der Waals surface area contributed by atoms with Gasteiger partial charge in [0.1, 0.15) is 11.9 Å². The number of benzene rings is 1. The Kier molecular flexibility index (Phi) is 5.79. The second-order valence-electron chi connectivity index (χ2n) is 7.18. The summed E-state index contributed by atoms with van der Waals surface area (Å²) in [5, 5.41) is 11.9. The summed E-state index contributed by atoms with van der Waals surface area (Å²) in [5.41, 5.74) is 1.00. The van der Waals surface area contributed by atoms with Gasteiger partial charge in [0.15, 0.2) is 5.82 Å². The zero-order valence-corrected chi connectivity index (χ0v) is 15.6. The molecule has 7 heteroatoms. The number of nitrogens with zero attached hydrogens (tertiary/aromatic N) is 4. The molecule has 0 bridgehead atoms. The summed E-state index contributed by atoms with van der Waals surface area (Å²) in [6.45, 7) is 4.96. The van der Waals surface area contributed by atoms with Crippen LogP contribution in [0, 0.1) is 0 Å². The van der Waals surface area contributed by atoms with Gasteiger partial charge in [-0.25, -0.2) is 0 Å². The van der Waals surface area contributed by atoms with Gasteiger partial charge >= 0.3 is 0 Å². The van der Waals surface area contributed by atoms with Crippen LogP contribution < -0.4 is 5.32 Å². The molecule has 2 aromatic rings. The van der Waals surface area contributed by atoms with Gasteiger partial charge in [0, 0.05) is 38.2 Å². The van der Waals surface area contributed by atoms with Crippen molar-refractivity contribution in [1.29, 1.82) is 0 Å². The van der Waals surface area contributed by atoms with Gasteiger partial charge in [-0.3, -0.25) is 14.3 Å². The Morgan fingerprint density at radius 2 is 1.96 bits per heavy atom. The second kappa shape index (κ2) is 8.63. The average molecular weight is 369 g/mol. The van der Waals surface area contributed by atoms with Crippen LogP contribution in [0.3, 0.4) is 0 Å². The highest BCUT2D eigenvalue weighted by molar-refractivity contribution is 5.81. The van der Waals surface area contributed by atoms with E-state index in [4.69, 9.17) is 4.74 Å². The Bertz CT molecular complexity index is 755. The van der Waals surface area contributed by atoms with E-state index in [1.807, 2.05) is 30.3 Å². The molecule has 7 nitrogen and oxygen atoms in total. The van der Waals surface area contributed by atoms with E-state index in [-0.39, 0.29) is 11.9 Å². The van der Waals surface area contributed by atoms with Crippen molar-refractivity contribution in [3.63, 3.8) is 0 Å². The summed E-state index contributed by atoms with van der Waals surface area (Å²) < 4.78 is 7.44. The Morgan fingerprint density at radius 3 is 2.78 bits per heavy atom. The summed E-state index contributed by atoms with van der Waals surface area (Å²) in [7, 11) is 0. The van der Waals surface area contributed by atoms with Crippen LogP contribution in [-0.2, 0) is 16.0 Å². The predicted octanol–water partition coefficient (Wildman–Crippen LogP) is 1.66. The molecule has 4 rings (SSSR count). The van der Waals surface area contributed by atoms with Gasteiger partial charge in [0.25, 0.3) is 0 Å². The number of ether oxygens (including phenoxy) is 1. The van der Waals surface area contributed by atoms with Crippen LogP contribution in [0.15, 0.2) is 30.3 Å². The van der Waals surface area contributed by atoms with Crippen LogP contribution in [-0.4, -0.2) is 65.0 Å². The number of fused-ring (bicyclic) bond motifs is 1. The predicted molar refractivity (Wildman–Crippen MR) is 102 cm³/mol. The van der Waals surface area contributed by atoms with E-state index in [0.717, 1.165) is 75.7 Å². The first-order chi connectivity index (χ1) is 13.3. The first-order valence-corrected chi connectivity index (χ1v) is 9.90. The number of carbonyl (C=O) groups is 1.